The zero-order chi connectivity index (χ0) is 14.9. The van der Waals surface area contributed by atoms with Crippen molar-refractivity contribution >= 4 is 11.6 Å². The van der Waals surface area contributed by atoms with Crippen molar-refractivity contribution < 1.29 is 0 Å². The molecule has 0 saturated heterocycles. The normalized spacial score (nSPS) is 12.3. The first-order valence-electron chi connectivity index (χ1n) is 7.82. The molecule has 1 atom stereocenters. The highest BCUT2D eigenvalue weighted by Gasteiger charge is 2.10. The largest absolute Gasteiger partial charge is 0.310 e. The van der Waals surface area contributed by atoms with Crippen molar-refractivity contribution in [3.8, 4) is 0 Å². The Balaban J connectivity index is 1.93. The Morgan fingerprint density at radius 1 is 1.05 bits per heavy atom. The van der Waals surface area contributed by atoms with Gasteiger partial charge in [0.2, 0.25) is 0 Å². The van der Waals surface area contributed by atoms with Crippen molar-refractivity contribution in [2.45, 2.75) is 38.6 Å². The van der Waals surface area contributed by atoms with Gasteiger partial charge in [0.15, 0.2) is 0 Å². The summed E-state index contributed by atoms with van der Waals surface area (Å²) in [6, 6.07) is 19.3. The second-order valence-electron chi connectivity index (χ2n) is 5.44. The molecule has 0 heterocycles. The molecule has 0 spiro atoms. The molecule has 2 rings (SSSR count). The van der Waals surface area contributed by atoms with Crippen LogP contribution in [0.2, 0.25) is 5.02 Å². The van der Waals surface area contributed by atoms with Gasteiger partial charge >= 0.3 is 0 Å². The molecule has 0 amide bonds. The van der Waals surface area contributed by atoms with Crippen LogP contribution in [-0.2, 0) is 6.42 Å². The zero-order valence-electron chi connectivity index (χ0n) is 12.7. The van der Waals surface area contributed by atoms with Gasteiger partial charge in [-0.2, -0.15) is 0 Å². The third-order valence-electron chi connectivity index (χ3n) is 3.69. The molecule has 0 radical (unpaired) electrons. The van der Waals surface area contributed by atoms with Gasteiger partial charge in [0.05, 0.1) is 0 Å². The molecular formula is C19H24ClN. The number of hydrogen-bond acceptors (Lipinski definition) is 1. The van der Waals surface area contributed by atoms with Crippen LogP contribution < -0.4 is 5.32 Å². The van der Waals surface area contributed by atoms with E-state index in [1.54, 1.807) is 0 Å². The molecule has 2 aromatic rings. The fourth-order valence-electron chi connectivity index (χ4n) is 2.58. The predicted octanol–water partition coefficient (Wildman–Crippen LogP) is 5.40. The van der Waals surface area contributed by atoms with E-state index in [0.29, 0.717) is 6.04 Å². The summed E-state index contributed by atoms with van der Waals surface area (Å²) in [6.45, 7) is 3.24. The van der Waals surface area contributed by atoms with Gasteiger partial charge in [0, 0.05) is 11.1 Å². The number of hydrogen-bond donors (Lipinski definition) is 1. The van der Waals surface area contributed by atoms with Gasteiger partial charge in [-0.15, -0.1) is 0 Å². The van der Waals surface area contributed by atoms with Gasteiger partial charge in [0.25, 0.3) is 0 Å². The van der Waals surface area contributed by atoms with E-state index in [-0.39, 0.29) is 0 Å². The highest BCUT2D eigenvalue weighted by molar-refractivity contribution is 6.30. The lowest BCUT2D eigenvalue weighted by Gasteiger charge is -2.19. The standard InChI is InChI=1S/C19H24ClN/c1-2-14-21-19(17-11-7-12-18(20)15-17)13-6-10-16-8-4-3-5-9-16/h3-5,7-9,11-12,15,19,21H,2,6,10,13-14H2,1H3. The van der Waals surface area contributed by atoms with Crippen LogP contribution in [0.25, 0.3) is 0 Å². The summed E-state index contributed by atoms with van der Waals surface area (Å²) >= 11 is 6.13. The second kappa shape index (κ2) is 8.86. The van der Waals surface area contributed by atoms with Crippen LogP contribution in [0, 0.1) is 0 Å². The van der Waals surface area contributed by atoms with Crippen LogP contribution in [0.3, 0.4) is 0 Å². The number of nitrogens with one attached hydrogen (secondary N) is 1. The first-order chi connectivity index (χ1) is 10.3. The van der Waals surface area contributed by atoms with Crippen LogP contribution in [0.5, 0.6) is 0 Å². The summed E-state index contributed by atoms with van der Waals surface area (Å²) < 4.78 is 0. The second-order valence-corrected chi connectivity index (χ2v) is 5.88. The van der Waals surface area contributed by atoms with Gasteiger partial charge < -0.3 is 5.32 Å². The molecule has 0 fully saturated rings. The average molecular weight is 302 g/mol. The van der Waals surface area contributed by atoms with E-state index in [2.05, 4.69) is 54.7 Å². The SMILES string of the molecule is CCCNC(CCCc1ccccc1)c1cccc(Cl)c1. The van der Waals surface area contributed by atoms with E-state index in [1.807, 2.05) is 12.1 Å². The average Bonchev–Trinajstić information content (AvgIpc) is 2.51. The minimum Gasteiger partial charge on any atom is -0.310 e. The number of aryl methyl sites for hydroxylation is 1. The van der Waals surface area contributed by atoms with Gasteiger partial charge in [0.1, 0.15) is 0 Å². The van der Waals surface area contributed by atoms with E-state index >= 15 is 0 Å². The topological polar surface area (TPSA) is 12.0 Å². The van der Waals surface area contributed by atoms with E-state index in [4.69, 9.17) is 11.6 Å². The molecule has 1 unspecified atom stereocenters. The van der Waals surface area contributed by atoms with Gasteiger partial charge in [-0.05, 0) is 55.5 Å². The summed E-state index contributed by atoms with van der Waals surface area (Å²) in [5.41, 5.74) is 2.71. The van der Waals surface area contributed by atoms with Crippen molar-refractivity contribution in [1.29, 1.82) is 0 Å². The van der Waals surface area contributed by atoms with Gasteiger partial charge in [-0.1, -0.05) is 61.0 Å². The van der Waals surface area contributed by atoms with Crippen molar-refractivity contribution in [3.05, 3.63) is 70.7 Å². The van der Waals surface area contributed by atoms with E-state index in [0.717, 1.165) is 30.8 Å². The van der Waals surface area contributed by atoms with E-state index < -0.39 is 0 Å². The molecule has 0 aromatic heterocycles. The Kier molecular flexibility index (Phi) is 6.78. The fraction of sp³-hybridized carbons (Fsp3) is 0.368. The first kappa shape index (κ1) is 16.1. The highest BCUT2D eigenvalue weighted by atomic mass is 35.5. The molecule has 2 aromatic carbocycles. The Hall–Kier alpha value is -1.31. The predicted molar refractivity (Wildman–Crippen MR) is 91.9 cm³/mol. The first-order valence-corrected chi connectivity index (χ1v) is 8.20. The van der Waals surface area contributed by atoms with Crippen molar-refractivity contribution in [2.24, 2.45) is 0 Å². The maximum absolute atomic E-state index is 6.13. The Morgan fingerprint density at radius 2 is 1.86 bits per heavy atom. The maximum Gasteiger partial charge on any atom is 0.0409 e. The zero-order valence-corrected chi connectivity index (χ0v) is 13.4. The molecule has 21 heavy (non-hydrogen) atoms. The van der Waals surface area contributed by atoms with E-state index in [1.165, 1.54) is 17.5 Å². The molecule has 1 nitrogen and oxygen atoms in total. The van der Waals surface area contributed by atoms with Crippen LogP contribution in [0.1, 0.15) is 43.4 Å². The molecule has 112 valence electrons. The minimum absolute atomic E-state index is 0.396. The number of benzene rings is 2. The monoisotopic (exact) mass is 301 g/mol. The van der Waals surface area contributed by atoms with Crippen LogP contribution in [-0.4, -0.2) is 6.54 Å². The summed E-state index contributed by atoms with van der Waals surface area (Å²) in [4.78, 5) is 0. The van der Waals surface area contributed by atoms with Crippen molar-refractivity contribution in [2.75, 3.05) is 6.54 Å². The van der Waals surface area contributed by atoms with Gasteiger partial charge in [-0.25, -0.2) is 0 Å². The quantitative estimate of drug-likeness (QED) is 0.688. The van der Waals surface area contributed by atoms with Crippen LogP contribution >= 0.6 is 11.6 Å². The summed E-state index contributed by atoms with van der Waals surface area (Å²) in [5.74, 6) is 0. The van der Waals surface area contributed by atoms with Crippen molar-refractivity contribution in [1.82, 2.24) is 5.32 Å². The fourth-order valence-corrected chi connectivity index (χ4v) is 2.78. The van der Waals surface area contributed by atoms with Gasteiger partial charge in [-0.3, -0.25) is 0 Å². The number of rotatable bonds is 8. The Labute approximate surface area is 133 Å². The van der Waals surface area contributed by atoms with E-state index in [9.17, 15) is 0 Å². The highest BCUT2D eigenvalue weighted by Crippen LogP contribution is 2.22. The lowest BCUT2D eigenvalue weighted by atomic mass is 9.99. The molecule has 0 aliphatic heterocycles. The molecular weight excluding hydrogens is 278 g/mol. The molecule has 0 bridgehead atoms. The van der Waals surface area contributed by atoms with Crippen LogP contribution in [0.4, 0.5) is 0 Å². The minimum atomic E-state index is 0.396. The third-order valence-corrected chi connectivity index (χ3v) is 3.93. The smallest absolute Gasteiger partial charge is 0.0409 e. The summed E-state index contributed by atoms with van der Waals surface area (Å²) in [6.07, 6.45) is 4.59. The Bertz CT molecular complexity index is 524. The summed E-state index contributed by atoms with van der Waals surface area (Å²) in [5, 5.41) is 4.46. The molecule has 0 saturated carbocycles. The summed E-state index contributed by atoms with van der Waals surface area (Å²) in [7, 11) is 0. The molecule has 1 N–H and O–H groups in total. The molecule has 0 aliphatic rings. The van der Waals surface area contributed by atoms with Crippen LogP contribution in [0.15, 0.2) is 54.6 Å². The third kappa shape index (κ3) is 5.53. The molecule has 0 aliphatic carbocycles. The Morgan fingerprint density at radius 3 is 2.57 bits per heavy atom. The maximum atomic E-state index is 6.13. The lowest BCUT2D eigenvalue weighted by Crippen LogP contribution is -2.22. The number of halogens is 1. The molecule has 2 heteroatoms. The van der Waals surface area contributed by atoms with Crippen molar-refractivity contribution in [3.63, 3.8) is 0 Å². The lowest BCUT2D eigenvalue weighted by molar-refractivity contribution is 0.484.